The Balaban J connectivity index is 1.09. The third-order valence-corrected chi connectivity index (χ3v) is 10.9. The first-order valence-corrected chi connectivity index (χ1v) is 19.0. The van der Waals surface area contributed by atoms with Crippen LogP contribution in [0.25, 0.3) is 27.6 Å². The molecule has 0 unspecified atom stereocenters. The van der Waals surface area contributed by atoms with E-state index in [9.17, 15) is 0 Å². The van der Waals surface area contributed by atoms with Crippen molar-refractivity contribution >= 4 is 33.2 Å². The molecule has 5 nitrogen and oxygen atoms in total. The Morgan fingerprint density at radius 3 is 1.96 bits per heavy atom. The van der Waals surface area contributed by atoms with Gasteiger partial charge in [0.05, 0.1) is 17.7 Å². The van der Waals surface area contributed by atoms with Gasteiger partial charge in [-0.1, -0.05) is 122 Å². The van der Waals surface area contributed by atoms with Gasteiger partial charge in [0.15, 0.2) is 0 Å². The third-order valence-electron chi connectivity index (χ3n) is 10.9. The molecule has 0 spiro atoms. The standard InChI is InChI=1S/C49H50N4O/c1-47(2,3)36-27-28-50-46(29-36)53-43-20-13-12-19-41(43)42-26-25-40(31-44(42)53)54-39-18-14-17-38(30-39)52-33-51(32-45(52)48(4,5)6)37-23-21-35(22-24-37)49(7,8)34-15-10-9-11-16-34/h9-32H,33H2,1-8H3. The molecule has 0 radical (unpaired) electrons. The number of fused-ring (bicyclic) bond motifs is 3. The first-order valence-electron chi connectivity index (χ1n) is 19.0. The number of allylic oxidation sites excluding steroid dienone is 1. The van der Waals surface area contributed by atoms with E-state index in [4.69, 9.17) is 9.72 Å². The molecule has 3 heterocycles. The predicted octanol–water partition coefficient (Wildman–Crippen LogP) is 12.8. The van der Waals surface area contributed by atoms with E-state index >= 15 is 0 Å². The zero-order valence-electron chi connectivity index (χ0n) is 32.8. The summed E-state index contributed by atoms with van der Waals surface area (Å²) in [5, 5.41) is 2.36. The number of benzene rings is 5. The van der Waals surface area contributed by atoms with Crippen molar-refractivity contribution in [2.24, 2.45) is 5.41 Å². The summed E-state index contributed by atoms with van der Waals surface area (Å²) >= 11 is 0. The minimum Gasteiger partial charge on any atom is -0.457 e. The maximum absolute atomic E-state index is 6.67. The van der Waals surface area contributed by atoms with Crippen LogP contribution < -0.4 is 14.5 Å². The molecule has 1 aliphatic rings. The lowest BCUT2D eigenvalue weighted by molar-refractivity contribution is 0.481. The van der Waals surface area contributed by atoms with E-state index < -0.39 is 0 Å². The summed E-state index contributed by atoms with van der Waals surface area (Å²) in [6.45, 7) is 18.9. The van der Waals surface area contributed by atoms with Gasteiger partial charge in [-0.15, -0.1) is 0 Å². The molecule has 0 bridgehead atoms. The summed E-state index contributed by atoms with van der Waals surface area (Å²) in [5.41, 5.74) is 9.42. The molecule has 272 valence electrons. The zero-order valence-corrected chi connectivity index (χ0v) is 32.8. The highest BCUT2D eigenvalue weighted by atomic mass is 16.5. The van der Waals surface area contributed by atoms with Gasteiger partial charge in [0, 0.05) is 63.2 Å². The number of hydrogen-bond acceptors (Lipinski definition) is 4. The van der Waals surface area contributed by atoms with Crippen LogP contribution in [0.2, 0.25) is 0 Å². The molecule has 0 fully saturated rings. The van der Waals surface area contributed by atoms with Gasteiger partial charge in [0.1, 0.15) is 17.3 Å². The zero-order chi connectivity index (χ0) is 37.8. The number of hydrogen-bond donors (Lipinski definition) is 0. The van der Waals surface area contributed by atoms with Crippen molar-refractivity contribution in [3.63, 3.8) is 0 Å². The molecule has 1 aliphatic heterocycles. The fourth-order valence-corrected chi connectivity index (χ4v) is 7.67. The molecular weight excluding hydrogens is 661 g/mol. The molecule has 0 saturated carbocycles. The van der Waals surface area contributed by atoms with Crippen molar-refractivity contribution in [1.82, 2.24) is 9.55 Å². The highest BCUT2D eigenvalue weighted by molar-refractivity contribution is 6.09. The predicted molar refractivity (Wildman–Crippen MR) is 226 cm³/mol. The molecule has 5 aromatic carbocycles. The molecule has 7 aromatic rings. The first-order chi connectivity index (χ1) is 25.8. The van der Waals surface area contributed by atoms with Crippen LogP contribution in [0, 0.1) is 5.41 Å². The number of pyridine rings is 1. The van der Waals surface area contributed by atoms with Gasteiger partial charge in [0.2, 0.25) is 0 Å². The summed E-state index contributed by atoms with van der Waals surface area (Å²) in [6.07, 6.45) is 4.23. The van der Waals surface area contributed by atoms with Gasteiger partial charge >= 0.3 is 0 Å². The second kappa shape index (κ2) is 13.2. The fourth-order valence-electron chi connectivity index (χ4n) is 7.67. The lowest BCUT2D eigenvalue weighted by Crippen LogP contribution is -2.30. The first kappa shape index (κ1) is 35.2. The van der Waals surface area contributed by atoms with Crippen LogP contribution in [0.3, 0.4) is 0 Å². The maximum atomic E-state index is 6.67. The Kier molecular flexibility index (Phi) is 8.64. The van der Waals surface area contributed by atoms with Crippen LogP contribution >= 0.6 is 0 Å². The molecule has 0 N–H and O–H groups in total. The van der Waals surface area contributed by atoms with Gasteiger partial charge in [-0.3, -0.25) is 4.57 Å². The van der Waals surface area contributed by atoms with Gasteiger partial charge in [-0.2, -0.15) is 0 Å². The molecule has 8 rings (SSSR count). The smallest absolute Gasteiger partial charge is 0.137 e. The second-order valence-electron chi connectivity index (χ2n) is 17.1. The largest absolute Gasteiger partial charge is 0.457 e. The van der Waals surface area contributed by atoms with Crippen LogP contribution in [0.5, 0.6) is 11.5 Å². The van der Waals surface area contributed by atoms with Crippen molar-refractivity contribution in [1.29, 1.82) is 0 Å². The van der Waals surface area contributed by atoms with Crippen molar-refractivity contribution in [2.45, 2.75) is 66.2 Å². The topological polar surface area (TPSA) is 33.5 Å². The fraction of sp³-hybridized carbons (Fsp3) is 0.245. The van der Waals surface area contributed by atoms with Crippen LogP contribution in [0.4, 0.5) is 11.4 Å². The summed E-state index contributed by atoms with van der Waals surface area (Å²) in [4.78, 5) is 9.61. The highest BCUT2D eigenvalue weighted by Crippen LogP contribution is 2.41. The van der Waals surface area contributed by atoms with E-state index in [1.165, 1.54) is 38.8 Å². The lowest BCUT2D eigenvalue weighted by Gasteiger charge is -2.31. The average Bonchev–Trinajstić information content (AvgIpc) is 3.76. The van der Waals surface area contributed by atoms with E-state index in [0.29, 0.717) is 6.67 Å². The molecule has 0 saturated heterocycles. The normalized spacial score (nSPS) is 13.9. The van der Waals surface area contributed by atoms with Crippen LogP contribution in [0.15, 0.2) is 152 Å². The van der Waals surface area contributed by atoms with Gasteiger partial charge < -0.3 is 14.5 Å². The number of rotatable bonds is 7. The van der Waals surface area contributed by atoms with E-state index in [0.717, 1.165) is 34.0 Å². The quantitative estimate of drug-likeness (QED) is 0.165. The summed E-state index contributed by atoms with van der Waals surface area (Å²) in [7, 11) is 0. The van der Waals surface area contributed by atoms with Gasteiger partial charge in [-0.25, -0.2) is 4.98 Å². The highest BCUT2D eigenvalue weighted by Gasteiger charge is 2.32. The maximum Gasteiger partial charge on any atom is 0.137 e. The number of para-hydroxylation sites is 1. The van der Waals surface area contributed by atoms with Crippen LogP contribution in [-0.4, -0.2) is 16.2 Å². The molecule has 5 heteroatoms. The van der Waals surface area contributed by atoms with E-state index in [1.807, 2.05) is 12.3 Å². The minimum absolute atomic E-state index is 0.00844. The minimum atomic E-state index is -0.0843. The Labute approximate surface area is 320 Å². The summed E-state index contributed by atoms with van der Waals surface area (Å²) in [6, 6.07) is 47.5. The molecule has 0 amide bonds. The number of ether oxygens (including phenoxy) is 1. The Morgan fingerprint density at radius 1 is 0.537 bits per heavy atom. The van der Waals surface area contributed by atoms with Crippen molar-refractivity contribution in [3.05, 3.63) is 168 Å². The van der Waals surface area contributed by atoms with Crippen LogP contribution in [0.1, 0.15) is 72.1 Å². The van der Waals surface area contributed by atoms with E-state index in [-0.39, 0.29) is 16.2 Å². The Hall–Kier alpha value is -5.81. The van der Waals surface area contributed by atoms with Gasteiger partial charge in [0.25, 0.3) is 0 Å². The van der Waals surface area contributed by atoms with E-state index in [1.54, 1.807) is 0 Å². The molecule has 2 aromatic heterocycles. The third kappa shape index (κ3) is 6.53. The SMILES string of the molecule is CC(C)(C)C1=CN(c2ccc(C(C)(C)c3ccccc3)cc2)CN1c1cccc(Oc2ccc3c4ccccc4n(-c4cc(C(C)(C)C)ccn4)c3c2)c1. The summed E-state index contributed by atoms with van der Waals surface area (Å²) in [5.74, 6) is 2.48. The molecule has 0 aliphatic carbocycles. The Morgan fingerprint density at radius 2 is 1.22 bits per heavy atom. The lowest BCUT2D eigenvalue weighted by atomic mass is 9.78. The number of anilines is 2. The van der Waals surface area contributed by atoms with Crippen molar-refractivity contribution < 1.29 is 4.74 Å². The number of aromatic nitrogens is 2. The second-order valence-corrected chi connectivity index (χ2v) is 17.1. The van der Waals surface area contributed by atoms with Crippen LogP contribution in [-0.2, 0) is 10.8 Å². The molecule has 54 heavy (non-hydrogen) atoms. The Bertz CT molecular complexity index is 2490. The monoisotopic (exact) mass is 710 g/mol. The summed E-state index contributed by atoms with van der Waals surface area (Å²) < 4.78 is 8.93. The molecule has 0 atom stereocenters. The van der Waals surface area contributed by atoms with Crippen molar-refractivity contribution in [3.8, 4) is 17.3 Å². The van der Waals surface area contributed by atoms with Crippen molar-refractivity contribution in [2.75, 3.05) is 16.5 Å². The number of nitrogens with zero attached hydrogens (tertiary/aromatic N) is 4. The van der Waals surface area contributed by atoms with Gasteiger partial charge in [-0.05, 0) is 76.7 Å². The average molecular weight is 711 g/mol. The molecular formula is C49H50N4O. The van der Waals surface area contributed by atoms with E-state index in [2.05, 4.69) is 203 Å².